The van der Waals surface area contributed by atoms with Gasteiger partial charge in [0.15, 0.2) is 0 Å². The van der Waals surface area contributed by atoms with E-state index in [2.05, 4.69) is 28.3 Å². The minimum atomic E-state index is 0.531. The van der Waals surface area contributed by atoms with E-state index in [9.17, 15) is 0 Å². The molecular weight excluding hydrogens is 246 g/mol. The average molecular weight is 263 g/mol. The fourth-order valence-corrected chi connectivity index (χ4v) is 2.52. The summed E-state index contributed by atoms with van der Waals surface area (Å²) in [4.78, 5) is 11.1. The zero-order valence-electron chi connectivity index (χ0n) is 10.9. The maximum Gasteiger partial charge on any atom is 0.227 e. The lowest BCUT2D eigenvalue weighted by molar-refractivity contribution is 0.353. The highest BCUT2D eigenvalue weighted by atomic mass is 32.1. The summed E-state index contributed by atoms with van der Waals surface area (Å²) in [5.74, 6) is 1.25. The van der Waals surface area contributed by atoms with Gasteiger partial charge >= 0.3 is 0 Å². The Kier molecular flexibility index (Phi) is 4.15. The van der Waals surface area contributed by atoms with Crippen molar-refractivity contribution >= 4 is 27.5 Å². The molecular formula is C13H17N3OS. The lowest BCUT2D eigenvalue weighted by Crippen LogP contribution is -2.01. The van der Waals surface area contributed by atoms with Crippen LogP contribution >= 0.6 is 11.3 Å². The van der Waals surface area contributed by atoms with Gasteiger partial charge in [-0.15, -0.1) is 11.3 Å². The molecule has 0 spiro atoms. The SMILES string of the molecule is C/C=C/COc1nc(NC)nc2sc(CC)cc12. The first-order chi connectivity index (χ1) is 8.78. The van der Waals surface area contributed by atoms with Crippen LogP contribution in [0.1, 0.15) is 18.7 Å². The van der Waals surface area contributed by atoms with Crippen LogP contribution in [0, 0.1) is 0 Å². The van der Waals surface area contributed by atoms with E-state index in [-0.39, 0.29) is 0 Å². The first-order valence-electron chi connectivity index (χ1n) is 6.00. The molecule has 0 radical (unpaired) electrons. The fraction of sp³-hybridized carbons (Fsp3) is 0.385. The van der Waals surface area contributed by atoms with Gasteiger partial charge in [-0.1, -0.05) is 19.1 Å². The molecule has 0 saturated carbocycles. The first-order valence-corrected chi connectivity index (χ1v) is 6.82. The van der Waals surface area contributed by atoms with Crippen LogP contribution in [0.4, 0.5) is 5.95 Å². The second kappa shape index (κ2) is 5.82. The van der Waals surface area contributed by atoms with E-state index in [1.807, 2.05) is 26.1 Å². The molecule has 0 aromatic carbocycles. The van der Waals surface area contributed by atoms with Crippen LogP contribution in [0.15, 0.2) is 18.2 Å². The van der Waals surface area contributed by atoms with E-state index in [1.54, 1.807) is 11.3 Å². The second-order valence-electron chi connectivity index (χ2n) is 3.77. The van der Waals surface area contributed by atoms with Gasteiger partial charge in [0, 0.05) is 11.9 Å². The summed E-state index contributed by atoms with van der Waals surface area (Å²) in [6, 6.07) is 2.12. The van der Waals surface area contributed by atoms with Crippen LogP contribution < -0.4 is 10.1 Å². The van der Waals surface area contributed by atoms with Crippen molar-refractivity contribution in [1.82, 2.24) is 9.97 Å². The Labute approximate surface area is 111 Å². The standard InChI is InChI=1S/C13H17N3OS/c1-4-6-7-17-11-10-8-9(5-2)18-12(10)16-13(14-3)15-11/h4,6,8H,5,7H2,1-3H3,(H,14,15,16)/b6-4+. The molecule has 2 heterocycles. The molecule has 2 rings (SSSR count). The molecule has 0 saturated heterocycles. The Morgan fingerprint density at radius 1 is 1.44 bits per heavy atom. The van der Waals surface area contributed by atoms with Crippen molar-refractivity contribution in [3.8, 4) is 5.88 Å². The molecule has 0 fully saturated rings. The van der Waals surface area contributed by atoms with Crippen molar-refractivity contribution in [2.75, 3.05) is 19.0 Å². The predicted molar refractivity (Wildman–Crippen MR) is 76.6 cm³/mol. The topological polar surface area (TPSA) is 47.0 Å². The minimum absolute atomic E-state index is 0.531. The Morgan fingerprint density at radius 3 is 2.94 bits per heavy atom. The van der Waals surface area contributed by atoms with Gasteiger partial charge in [-0.25, -0.2) is 4.98 Å². The van der Waals surface area contributed by atoms with Crippen LogP contribution in [0.2, 0.25) is 0 Å². The molecule has 0 unspecified atom stereocenters. The quantitative estimate of drug-likeness (QED) is 0.841. The van der Waals surface area contributed by atoms with Crippen molar-refractivity contribution in [1.29, 1.82) is 0 Å². The number of ether oxygens (including phenoxy) is 1. The molecule has 2 aromatic rings. The van der Waals surface area contributed by atoms with E-state index in [1.165, 1.54) is 4.88 Å². The van der Waals surface area contributed by atoms with E-state index < -0.39 is 0 Å². The number of rotatable bonds is 5. The number of fused-ring (bicyclic) bond motifs is 1. The van der Waals surface area contributed by atoms with Gasteiger partial charge in [0.2, 0.25) is 11.8 Å². The zero-order chi connectivity index (χ0) is 13.0. The maximum atomic E-state index is 5.69. The summed E-state index contributed by atoms with van der Waals surface area (Å²) in [6.07, 6.45) is 4.92. The van der Waals surface area contributed by atoms with Crippen molar-refractivity contribution in [3.05, 3.63) is 23.1 Å². The number of hydrogen-bond donors (Lipinski definition) is 1. The van der Waals surface area contributed by atoms with E-state index in [0.29, 0.717) is 18.4 Å². The van der Waals surface area contributed by atoms with Gasteiger partial charge in [-0.05, 0) is 19.4 Å². The average Bonchev–Trinajstić information content (AvgIpc) is 2.81. The molecule has 4 nitrogen and oxygen atoms in total. The number of aryl methyl sites for hydroxylation is 1. The fourth-order valence-electron chi connectivity index (χ4n) is 1.56. The van der Waals surface area contributed by atoms with Gasteiger partial charge in [-0.2, -0.15) is 4.98 Å². The molecule has 1 N–H and O–H groups in total. The minimum Gasteiger partial charge on any atom is -0.473 e. The summed E-state index contributed by atoms with van der Waals surface area (Å²) in [7, 11) is 1.81. The highest BCUT2D eigenvalue weighted by Gasteiger charge is 2.11. The van der Waals surface area contributed by atoms with Gasteiger partial charge < -0.3 is 10.1 Å². The number of nitrogens with one attached hydrogen (secondary N) is 1. The van der Waals surface area contributed by atoms with Crippen molar-refractivity contribution in [2.24, 2.45) is 0 Å². The van der Waals surface area contributed by atoms with Gasteiger partial charge in [0.1, 0.15) is 11.4 Å². The summed E-state index contributed by atoms with van der Waals surface area (Å²) in [6.45, 7) is 4.64. The summed E-state index contributed by atoms with van der Waals surface area (Å²) in [5.41, 5.74) is 0. The number of nitrogens with zero attached hydrogens (tertiary/aromatic N) is 2. The number of allylic oxidation sites excluding steroid dienone is 1. The highest BCUT2D eigenvalue weighted by molar-refractivity contribution is 7.18. The van der Waals surface area contributed by atoms with Crippen molar-refractivity contribution < 1.29 is 4.74 Å². The Balaban J connectivity index is 2.43. The molecule has 0 aliphatic heterocycles. The molecule has 0 bridgehead atoms. The Bertz CT molecular complexity index is 563. The summed E-state index contributed by atoms with van der Waals surface area (Å²) < 4.78 is 5.69. The normalized spacial score (nSPS) is 11.3. The molecule has 96 valence electrons. The van der Waals surface area contributed by atoms with Crippen LogP contribution in [0.3, 0.4) is 0 Å². The molecule has 0 atom stereocenters. The molecule has 0 aliphatic carbocycles. The largest absolute Gasteiger partial charge is 0.473 e. The highest BCUT2D eigenvalue weighted by Crippen LogP contribution is 2.31. The molecule has 0 amide bonds. The van der Waals surface area contributed by atoms with Crippen LogP contribution in [0.5, 0.6) is 5.88 Å². The predicted octanol–water partition coefficient (Wildman–Crippen LogP) is 3.25. The first kappa shape index (κ1) is 12.8. The van der Waals surface area contributed by atoms with Gasteiger partial charge in [0.25, 0.3) is 0 Å². The monoisotopic (exact) mass is 263 g/mol. The third-order valence-electron chi connectivity index (χ3n) is 2.53. The van der Waals surface area contributed by atoms with Crippen molar-refractivity contribution in [3.63, 3.8) is 0 Å². The zero-order valence-corrected chi connectivity index (χ0v) is 11.7. The molecule has 5 heteroatoms. The third-order valence-corrected chi connectivity index (χ3v) is 3.71. The maximum absolute atomic E-state index is 5.69. The van der Waals surface area contributed by atoms with E-state index >= 15 is 0 Å². The van der Waals surface area contributed by atoms with Crippen molar-refractivity contribution in [2.45, 2.75) is 20.3 Å². The smallest absolute Gasteiger partial charge is 0.227 e. The van der Waals surface area contributed by atoms with Crippen LogP contribution in [-0.4, -0.2) is 23.6 Å². The number of aromatic nitrogens is 2. The summed E-state index contributed by atoms with van der Waals surface area (Å²) in [5, 5.41) is 3.96. The van der Waals surface area contributed by atoms with Gasteiger partial charge in [-0.3, -0.25) is 0 Å². The van der Waals surface area contributed by atoms with E-state index in [0.717, 1.165) is 16.6 Å². The van der Waals surface area contributed by atoms with Gasteiger partial charge in [0.05, 0.1) is 5.39 Å². The second-order valence-corrected chi connectivity index (χ2v) is 4.88. The lowest BCUT2D eigenvalue weighted by atomic mass is 10.3. The summed E-state index contributed by atoms with van der Waals surface area (Å²) >= 11 is 1.69. The number of anilines is 1. The lowest BCUT2D eigenvalue weighted by Gasteiger charge is -2.05. The van der Waals surface area contributed by atoms with E-state index in [4.69, 9.17) is 4.74 Å². The van der Waals surface area contributed by atoms with Crippen LogP contribution in [-0.2, 0) is 6.42 Å². The third kappa shape index (κ3) is 2.61. The Morgan fingerprint density at radius 2 is 2.28 bits per heavy atom. The number of thiophene rings is 1. The molecule has 2 aromatic heterocycles. The number of hydrogen-bond acceptors (Lipinski definition) is 5. The molecule has 0 aliphatic rings. The molecule has 18 heavy (non-hydrogen) atoms. The van der Waals surface area contributed by atoms with Crippen LogP contribution in [0.25, 0.3) is 10.2 Å². The Hall–Kier alpha value is -1.62.